The lowest BCUT2D eigenvalue weighted by Crippen LogP contribution is -2.23. The number of rotatable bonds is 3. The van der Waals surface area contributed by atoms with Gasteiger partial charge >= 0.3 is 0 Å². The Morgan fingerprint density at radius 1 is 1.17 bits per heavy atom. The fourth-order valence-corrected chi connectivity index (χ4v) is 1.73. The summed E-state index contributed by atoms with van der Waals surface area (Å²) < 4.78 is 0. The van der Waals surface area contributed by atoms with Crippen molar-refractivity contribution in [3.8, 4) is 0 Å². The van der Waals surface area contributed by atoms with Crippen molar-refractivity contribution >= 4 is 29.1 Å². The third kappa shape index (κ3) is 3.22. The summed E-state index contributed by atoms with van der Waals surface area (Å²) in [5.74, 6) is -0.187. The Balaban J connectivity index is 2.01. The highest BCUT2D eigenvalue weighted by atomic mass is 35.5. The van der Waals surface area contributed by atoms with Gasteiger partial charge in [-0.25, -0.2) is 0 Å². The van der Waals surface area contributed by atoms with Crippen LogP contribution in [-0.2, 0) is 6.54 Å². The number of nitrogens with one attached hydrogen (secondary N) is 1. The SMILES string of the molecule is O=C(NCc1ncccc1Cl)c1ccc(Cl)cc1. The van der Waals surface area contributed by atoms with Crippen LogP contribution in [0.5, 0.6) is 0 Å². The third-order valence-corrected chi connectivity index (χ3v) is 2.95. The van der Waals surface area contributed by atoms with Crippen molar-refractivity contribution in [3.63, 3.8) is 0 Å². The molecule has 0 unspecified atom stereocenters. The molecule has 18 heavy (non-hydrogen) atoms. The minimum atomic E-state index is -0.187. The molecule has 2 aromatic rings. The minimum absolute atomic E-state index is 0.187. The van der Waals surface area contributed by atoms with Gasteiger partial charge in [-0.2, -0.15) is 0 Å². The van der Waals surface area contributed by atoms with Gasteiger partial charge in [0.25, 0.3) is 5.91 Å². The van der Waals surface area contributed by atoms with Gasteiger partial charge < -0.3 is 5.32 Å². The first-order valence-electron chi connectivity index (χ1n) is 5.30. The van der Waals surface area contributed by atoms with Gasteiger partial charge in [0.15, 0.2) is 0 Å². The maximum atomic E-state index is 11.8. The van der Waals surface area contributed by atoms with E-state index in [0.29, 0.717) is 27.8 Å². The zero-order valence-electron chi connectivity index (χ0n) is 9.36. The van der Waals surface area contributed by atoms with Crippen LogP contribution in [-0.4, -0.2) is 10.9 Å². The van der Waals surface area contributed by atoms with Crippen molar-refractivity contribution in [1.82, 2.24) is 10.3 Å². The van der Waals surface area contributed by atoms with E-state index in [-0.39, 0.29) is 5.91 Å². The van der Waals surface area contributed by atoms with E-state index in [1.54, 1.807) is 42.6 Å². The van der Waals surface area contributed by atoms with E-state index in [1.165, 1.54) is 0 Å². The Hall–Kier alpha value is -1.58. The Kier molecular flexibility index (Phi) is 4.18. The maximum absolute atomic E-state index is 11.8. The van der Waals surface area contributed by atoms with Crippen molar-refractivity contribution in [2.75, 3.05) is 0 Å². The van der Waals surface area contributed by atoms with Gasteiger partial charge in [0.1, 0.15) is 0 Å². The monoisotopic (exact) mass is 280 g/mol. The molecule has 1 aromatic heterocycles. The molecule has 0 fully saturated rings. The average molecular weight is 281 g/mol. The second-order valence-electron chi connectivity index (χ2n) is 3.62. The minimum Gasteiger partial charge on any atom is -0.346 e. The van der Waals surface area contributed by atoms with Crippen LogP contribution in [0, 0.1) is 0 Å². The molecule has 0 radical (unpaired) electrons. The van der Waals surface area contributed by atoms with E-state index in [0.717, 1.165) is 0 Å². The van der Waals surface area contributed by atoms with Crippen LogP contribution in [0.15, 0.2) is 42.6 Å². The summed E-state index contributed by atoms with van der Waals surface area (Å²) in [6.07, 6.45) is 1.63. The number of aromatic nitrogens is 1. The third-order valence-electron chi connectivity index (χ3n) is 2.36. The van der Waals surface area contributed by atoms with E-state index in [1.807, 2.05) is 0 Å². The highest BCUT2D eigenvalue weighted by Gasteiger charge is 2.06. The van der Waals surface area contributed by atoms with Gasteiger partial charge in [0.05, 0.1) is 17.3 Å². The average Bonchev–Trinajstić information content (AvgIpc) is 2.38. The van der Waals surface area contributed by atoms with Crippen molar-refractivity contribution in [2.45, 2.75) is 6.54 Å². The van der Waals surface area contributed by atoms with Crippen LogP contribution in [0.25, 0.3) is 0 Å². The predicted octanol–water partition coefficient (Wildman–Crippen LogP) is 3.32. The summed E-state index contributed by atoms with van der Waals surface area (Å²) in [6, 6.07) is 10.1. The molecule has 1 aromatic carbocycles. The quantitative estimate of drug-likeness (QED) is 0.937. The van der Waals surface area contributed by atoms with Crippen LogP contribution < -0.4 is 5.32 Å². The number of carbonyl (C=O) groups is 1. The summed E-state index contributed by atoms with van der Waals surface area (Å²) in [4.78, 5) is 15.9. The van der Waals surface area contributed by atoms with Gasteiger partial charge in [-0.15, -0.1) is 0 Å². The number of amides is 1. The number of benzene rings is 1. The molecule has 0 aliphatic carbocycles. The smallest absolute Gasteiger partial charge is 0.251 e. The Morgan fingerprint density at radius 2 is 1.89 bits per heavy atom. The second-order valence-corrected chi connectivity index (χ2v) is 4.47. The lowest BCUT2D eigenvalue weighted by Gasteiger charge is -2.06. The van der Waals surface area contributed by atoms with E-state index in [2.05, 4.69) is 10.3 Å². The lowest BCUT2D eigenvalue weighted by atomic mass is 10.2. The Morgan fingerprint density at radius 3 is 2.56 bits per heavy atom. The number of hydrogen-bond donors (Lipinski definition) is 1. The molecule has 1 heterocycles. The predicted molar refractivity (Wildman–Crippen MR) is 71.9 cm³/mol. The zero-order valence-corrected chi connectivity index (χ0v) is 10.9. The summed E-state index contributed by atoms with van der Waals surface area (Å²) >= 11 is 11.7. The first kappa shape index (κ1) is 12.9. The molecular weight excluding hydrogens is 271 g/mol. The Bertz CT molecular complexity index is 555. The maximum Gasteiger partial charge on any atom is 0.251 e. The number of carbonyl (C=O) groups excluding carboxylic acids is 1. The fraction of sp³-hybridized carbons (Fsp3) is 0.0769. The van der Waals surface area contributed by atoms with Crippen molar-refractivity contribution in [2.24, 2.45) is 0 Å². The van der Waals surface area contributed by atoms with E-state index >= 15 is 0 Å². The molecular formula is C13H10Cl2N2O. The summed E-state index contributed by atoms with van der Waals surface area (Å²) in [6.45, 7) is 0.293. The first-order valence-corrected chi connectivity index (χ1v) is 6.05. The lowest BCUT2D eigenvalue weighted by molar-refractivity contribution is 0.0950. The standard InChI is InChI=1S/C13H10Cl2N2O/c14-10-5-3-9(4-6-10)13(18)17-8-12-11(15)2-1-7-16-12/h1-7H,8H2,(H,17,18). The molecule has 0 aliphatic rings. The molecule has 0 saturated heterocycles. The molecule has 0 bridgehead atoms. The van der Waals surface area contributed by atoms with Crippen LogP contribution >= 0.6 is 23.2 Å². The molecule has 1 amide bonds. The van der Waals surface area contributed by atoms with Gasteiger partial charge in [-0.05, 0) is 36.4 Å². The molecule has 5 heteroatoms. The highest BCUT2D eigenvalue weighted by Crippen LogP contribution is 2.12. The van der Waals surface area contributed by atoms with E-state index in [9.17, 15) is 4.79 Å². The molecule has 92 valence electrons. The molecule has 3 nitrogen and oxygen atoms in total. The highest BCUT2D eigenvalue weighted by molar-refractivity contribution is 6.31. The van der Waals surface area contributed by atoms with E-state index < -0.39 is 0 Å². The molecule has 0 atom stereocenters. The van der Waals surface area contributed by atoms with Crippen LogP contribution in [0.3, 0.4) is 0 Å². The zero-order chi connectivity index (χ0) is 13.0. The number of hydrogen-bond acceptors (Lipinski definition) is 2. The number of halogens is 2. The summed E-state index contributed by atoms with van der Waals surface area (Å²) in [7, 11) is 0. The van der Waals surface area contributed by atoms with Gasteiger partial charge in [-0.1, -0.05) is 23.2 Å². The second kappa shape index (κ2) is 5.85. The van der Waals surface area contributed by atoms with Crippen molar-refractivity contribution < 1.29 is 4.79 Å². The topological polar surface area (TPSA) is 42.0 Å². The van der Waals surface area contributed by atoms with Crippen LogP contribution in [0.2, 0.25) is 10.0 Å². The normalized spacial score (nSPS) is 10.1. The van der Waals surface area contributed by atoms with E-state index in [4.69, 9.17) is 23.2 Å². The largest absolute Gasteiger partial charge is 0.346 e. The van der Waals surface area contributed by atoms with Gasteiger partial charge in [0, 0.05) is 16.8 Å². The van der Waals surface area contributed by atoms with Gasteiger partial charge in [-0.3, -0.25) is 9.78 Å². The Labute approximate surface area is 115 Å². The molecule has 0 saturated carbocycles. The molecule has 1 N–H and O–H groups in total. The van der Waals surface area contributed by atoms with Crippen molar-refractivity contribution in [3.05, 3.63) is 63.9 Å². The molecule has 0 aliphatic heterocycles. The van der Waals surface area contributed by atoms with Crippen LogP contribution in [0.4, 0.5) is 0 Å². The van der Waals surface area contributed by atoms with Crippen molar-refractivity contribution in [1.29, 1.82) is 0 Å². The fourth-order valence-electron chi connectivity index (χ4n) is 1.42. The molecule has 0 spiro atoms. The molecule has 2 rings (SSSR count). The summed E-state index contributed by atoms with van der Waals surface area (Å²) in [5, 5.41) is 3.88. The van der Waals surface area contributed by atoms with Crippen LogP contribution in [0.1, 0.15) is 16.1 Å². The summed E-state index contributed by atoms with van der Waals surface area (Å²) in [5.41, 5.74) is 1.19. The van der Waals surface area contributed by atoms with Gasteiger partial charge in [0.2, 0.25) is 0 Å². The number of pyridine rings is 1. The first-order chi connectivity index (χ1) is 8.66. The number of nitrogens with zero attached hydrogens (tertiary/aromatic N) is 1.